The topological polar surface area (TPSA) is 76.0 Å². The van der Waals surface area contributed by atoms with E-state index in [0.717, 1.165) is 11.3 Å². The van der Waals surface area contributed by atoms with Crippen LogP contribution in [-0.4, -0.2) is 21.6 Å². The molecule has 27 heavy (non-hydrogen) atoms. The van der Waals surface area contributed by atoms with Gasteiger partial charge >= 0.3 is 0 Å². The average molecular weight is 364 g/mol. The Balaban J connectivity index is 1.67. The van der Waals surface area contributed by atoms with E-state index in [1.807, 2.05) is 30.3 Å². The second-order valence-electron chi connectivity index (χ2n) is 5.75. The Morgan fingerprint density at radius 2 is 1.89 bits per heavy atom. The number of hydrogen-bond donors (Lipinski definition) is 2. The van der Waals surface area contributed by atoms with Crippen molar-refractivity contribution >= 4 is 29.3 Å². The molecule has 136 valence electrons. The van der Waals surface area contributed by atoms with Gasteiger partial charge in [0.1, 0.15) is 5.82 Å². The Kier molecular flexibility index (Phi) is 5.41. The van der Waals surface area contributed by atoms with Crippen molar-refractivity contribution in [3.8, 4) is 5.69 Å². The molecule has 0 aliphatic heterocycles. The molecule has 1 aromatic heterocycles. The number of anilines is 2. The first-order valence-corrected chi connectivity index (χ1v) is 8.17. The van der Waals surface area contributed by atoms with Crippen LogP contribution in [0.15, 0.2) is 67.0 Å². The van der Waals surface area contributed by atoms with E-state index in [-0.39, 0.29) is 11.6 Å². The smallest absolute Gasteiger partial charge is 0.248 e. The SMILES string of the molecule is CC(=O)Nc1ccc(F)c(NC(=O)/C=C/c2cnn(-c3ccccc3)c2)c1. The number of hydrogen-bond acceptors (Lipinski definition) is 3. The fourth-order valence-corrected chi connectivity index (χ4v) is 2.39. The number of nitrogens with one attached hydrogen (secondary N) is 2. The number of halogens is 1. The Morgan fingerprint density at radius 1 is 1.11 bits per heavy atom. The molecule has 0 aliphatic rings. The zero-order chi connectivity index (χ0) is 19.2. The third kappa shape index (κ3) is 4.88. The molecule has 3 aromatic rings. The summed E-state index contributed by atoms with van der Waals surface area (Å²) >= 11 is 0. The minimum Gasteiger partial charge on any atom is -0.326 e. The van der Waals surface area contributed by atoms with Crippen LogP contribution in [0.25, 0.3) is 11.8 Å². The van der Waals surface area contributed by atoms with E-state index in [4.69, 9.17) is 0 Å². The van der Waals surface area contributed by atoms with E-state index < -0.39 is 11.7 Å². The predicted octanol–water partition coefficient (Wildman–Crippen LogP) is 3.62. The van der Waals surface area contributed by atoms with Crippen LogP contribution in [0, 0.1) is 5.82 Å². The van der Waals surface area contributed by atoms with Crippen LogP contribution in [0.2, 0.25) is 0 Å². The zero-order valence-electron chi connectivity index (χ0n) is 14.5. The van der Waals surface area contributed by atoms with Gasteiger partial charge in [0.15, 0.2) is 0 Å². The summed E-state index contributed by atoms with van der Waals surface area (Å²) < 4.78 is 15.5. The molecule has 6 nitrogen and oxygen atoms in total. The molecule has 3 rings (SSSR count). The van der Waals surface area contributed by atoms with Crippen molar-refractivity contribution in [3.05, 3.63) is 78.4 Å². The molecule has 2 amide bonds. The average Bonchev–Trinajstić information content (AvgIpc) is 3.12. The molecule has 0 saturated heterocycles. The molecule has 0 saturated carbocycles. The van der Waals surface area contributed by atoms with Gasteiger partial charge in [-0.3, -0.25) is 9.59 Å². The summed E-state index contributed by atoms with van der Waals surface area (Å²) in [6.45, 7) is 1.35. The minimum atomic E-state index is -0.595. The van der Waals surface area contributed by atoms with E-state index >= 15 is 0 Å². The predicted molar refractivity (Wildman–Crippen MR) is 102 cm³/mol. The Bertz CT molecular complexity index is 996. The number of nitrogens with zero attached hydrogens (tertiary/aromatic N) is 2. The van der Waals surface area contributed by atoms with Crippen LogP contribution in [0.1, 0.15) is 12.5 Å². The Morgan fingerprint density at radius 3 is 2.63 bits per heavy atom. The van der Waals surface area contributed by atoms with Crippen molar-refractivity contribution < 1.29 is 14.0 Å². The first-order valence-electron chi connectivity index (χ1n) is 8.17. The number of para-hydroxylation sites is 1. The van der Waals surface area contributed by atoms with E-state index in [9.17, 15) is 14.0 Å². The van der Waals surface area contributed by atoms with Gasteiger partial charge in [0.05, 0.1) is 17.6 Å². The van der Waals surface area contributed by atoms with Gasteiger partial charge in [0.2, 0.25) is 11.8 Å². The van der Waals surface area contributed by atoms with E-state index in [1.165, 1.54) is 31.2 Å². The van der Waals surface area contributed by atoms with Crippen molar-refractivity contribution in [2.24, 2.45) is 0 Å². The lowest BCUT2D eigenvalue weighted by Crippen LogP contribution is -2.11. The number of aromatic nitrogens is 2. The number of benzene rings is 2. The van der Waals surface area contributed by atoms with Crippen LogP contribution in [0.4, 0.5) is 15.8 Å². The third-order valence-corrected chi connectivity index (χ3v) is 3.60. The number of carbonyl (C=O) groups excluding carboxylic acids is 2. The Labute approximate surface area is 155 Å². The second-order valence-corrected chi connectivity index (χ2v) is 5.75. The van der Waals surface area contributed by atoms with E-state index in [0.29, 0.717) is 5.69 Å². The molecule has 2 N–H and O–H groups in total. The fraction of sp³-hybridized carbons (Fsp3) is 0.0500. The molecule has 7 heteroatoms. The highest BCUT2D eigenvalue weighted by molar-refractivity contribution is 6.02. The minimum absolute atomic E-state index is 0.0177. The van der Waals surface area contributed by atoms with Gasteiger partial charge in [0, 0.05) is 30.4 Å². The van der Waals surface area contributed by atoms with Crippen molar-refractivity contribution in [2.45, 2.75) is 6.92 Å². The molecule has 1 heterocycles. The summed E-state index contributed by atoms with van der Waals surface area (Å²) in [5.74, 6) is -1.38. The van der Waals surface area contributed by atoms with Crippen LogP contribution in [0.5, 0.6) is 0 Å². The molecule has 0 unspecified atom stereocenters. The zero-order valence-corrected chi connectivity index (χ0v) is 14.5. The summed E-state index contributed by atoms with van der Waals surface area (Å²) in [4.78, 5) is 23.2. The summed E-state index contributed by atoms with van der Waals surface area (Å²) in [6.07, 6.45) is 6.26. The van der Waals surface area contributed by atoms with Gasteiger partial charge in [-0.1, -0.05) is 18.2 Å². The first kappa shape index (κ1) is 18.1. The van der Waals surface area contributed by atoms with Gasteiger partial charge in [0.25, 0.3) is 0 Å². The maximum atomic E-state index is 13.9. The van der Waals surface area contributed by atoms with Gasteiger partial charge < -0.3 is 10.6 Å². The van der Waals surface area contributed by atoms with Crippen LogP contribution < -0.4 is 10.6 Å². The van der Waals surface area contributed by atoms with Crippen LogP contribution >= 0.6 is 0 Å². The monoisotopic (exact) mass is 364 g/mol. The lowest BCUT2D eigenvalue weighted by Gasteiger charge is -2.07. The van der Waals surface area contributed by atoms with Crippen molar-refractivity contribution in [1.82, 2.24) is 9.78 Å². The summed E-state index contributed by atoms with van der Waals surface area (Å²) in [5, 5.41) is 9.22. The Hall–Kier alpha value is -3.74. The molecule has 0 fully saturated rings. The van der Waals surface area contributed by atoms with E-state index in [2.05, 4.69) is 15.7 Å². The molecule has 0 spiro atoms. The van der Waals surface area contributed by atoms with Crippen molar-refractivity contribution in [2.75, 3.05) is 10.6 Å². The van der Waals surface area contributed by atoms with Crippen LogP contribution in [-0.2, 0) is 9.59 Å². The van der Waals surface area contributed by atoms with Gasteiger partial charge in [-0.2, -0.15) is 5.10 Å². The molecule has 0 atom stereocenters. The third-order valence-electron chi connectivity index (χ3n) is 3.60. The lowest BCUT2D eigenvalue weighted by atomic mass is 10.2. The first-order chi connectivity index (χ1) is 13.0. The highest BCUT2D eigenvalue weighted by Gasteiger charge is 2.07. The van der Waals surface area contributed by atoms with Gasteiger partial charge in [-0.15, -0.1) is 0 Å². The molecule has 0 radical (unpaired) electrons. The highest BCUT2D eigenvalue weighted by Crippen LogP contribution is 2.20. The molecule has 0 aliphatic carbocycles. The molecular formula is C20H17FN4O2. The normalized spacial score (nSPS) is 10.7. The van der Waals surface area contributed by atoms with Gasteiger partial charge in [-0.25, -0.2) is 9.07 Å². The number of rotatable bonds is 5. The highest BCUT2D eigenvalue weighted by atomic mass is 19.1. The van der Waals surface area contributed by atoms with Gasteiger partial charge in [-0.05, 0) is 36.4 Å². The molecular weight excluding hydrogens is 347 g/mol. The van der Waals surface area contributed by atoms with Crippen molar-refractivity contribution in [1.29, 1.82) is 0 Å². The number of amides is 2. The quantitative estimate of drug-likeness (QED) is 0.679. The standard InChI is InChI=1S/C20H17FN4O2/c1-14(26)23-16-8-9-18(21)19(11-16)24-20(27)10-7-15-12-22-25(13-15)17-5-3-2-4-6-17/h2-13H,1H3,(H,23,26)(H,24,27)/b10-7+. The van der Waals surface area contributed by atoms with Crippen molar-refractivity contribution in [3.63, 3.8) is 0 Å². The second kappa shape index (κ2) is 8.09. The molecule has 0 bridgehead atoms. The summed E-state index contributed by atoms with van der Waals surface area (Å²) in [6, 6.07) is 13.5. The number of carbonyl (C=O) groups is 2. The molecule has 2 aromatic carbocycles. The largest absolute Gasteiger partial charge is 0.326 e. The maximum Gasteiger partial charge on any atom is 0.248 e. The van der Waals surface area contributed by atoms with E-state index in [1.54, 1.807) is 23.2 Å². The summed E-state index contributed by atoms with van der Waals surface area (Å²) in [7, 11) is 0. The maximum absolute atomic E-state index is 13.9. The lowest BCUT2D eigenvalue weighted by molar-refractivity contribution is -0.114. The van der Waals surface area contributed by atoms with Crippen LogP contribution in [0.3, 0.4) is 0 Å². The fourth-order valence-electron chi connectivity index (χ4n) is 2.39. The summed E-state index contributed by atoms with van der Waals surface area (Å²) in [5.41, 5.74) is 2.00.